The van der Waals surface area contributed by atoms with Crippen molar-refractivity contribution in [1.82, 2.24) is 19.3 Å². The van der Waals surface area contributed by atoms with Crippen molar-refractivity contribution in [2.24, 2.45) is 0 Å². The van der Waals surface area contributed by atoms with E-state index in [1.807, 2.05) is 49.6 Å². The summed E-state index contributed by atoms with van der Waals surface area (Å²) in [7, 11) is 1.82. The third-order valence-electron chi connectivity index (χ3n) is 4.64. The number of carbonyl (C=O) groups is 1. The number of rotatable bonds is 4. The number of aryl methyl sites for hydroxylation is 2. The van der Waals surface area contributed by atoms with Gasteiger partial charge in [0.05, 0.1) is 27.6 Å². The van der Waals surface area contributed by atoms with Crippen LogP contribution in [0.25, 0.3) is 21.3 Å². The standard InChI is InChI=1S/C20H20N4OS2/c1-12-11-24-16(13(2)21-20(24)26-12)9-10-18(25)23(4)14(3)19-22-15-7-5-6-8-17(15)27-19/h5-11,14H,1-4H3/b10-9+. The molecule has 0 spiro atoms. The molecule has 0 N–H and O–H groups in total. The van der Waals surface area contributed by atoms with Crippen LogP contribution in [0.5, 0.6) is 0 Å². The van der Waals surface area contributed by atoms with E-state index in [9.17, 15) is 4.79 Å². The number of aromatic nitrogens is 3. The lowest BCUT2D eigenvalue weighted by Crippen LogP contribution is -2.27. The number of nitrogens with zero attached hydrogens (tertiary/aromatic N) is 4. The lowest BCUT2D eigenvalue weighted by molar-refractivity contribution is -0.126. The van der Waals surface area contributed by atoms with Crippen LogP contribution in [0.2, 0.25) is 0 Å². The number of hydrogen-bond donors (Lipinski definition) is 0. The molecule has 4 rings (SSSR count). The SMILES string of the molecule is Cc1cn2c(/C=C/C(=O)N(C)C(C)c3nc4ccccc4s3)c(C)nc2s1. The Kier molecular flexibility index (Phi) is 4.57. The maximum absolute atomic E-state index is 12.7. The predicted octanol–water partition coefficient (Wildman–Crippen LogP) is 4.86. The number of amides is 1. The fraction of sp³-hybridized carbons (Fsp3) is 0.250. The van der Waals surface area contributed by atoms with E-state index in [4.69, 9.17) is 0 Å². The average Bonchev–Trinajstić information content (AvgIpc) is 3.30. The molecule has 0 aliphatic rings. The quantitative estimate of drug-likeness (QED) is 0.463. The Morgan fingerprint density at radius 3 is 2.78 bits per heavy atom. The van der Waals surface area contributed by atoms with E-state index >= 15 is 0 Å². The number of benzene rings is 1. The van der Waals surface area contributed by atoms with Gasteiger partial charge in [0.15, 0.2) is 4.96 Å². The van der Waals surface area contributed by atoms with E-state index in [0.717, 1.165) is 31.6 Å². The molecule has 3 aromatic heterocycles. The minimum Gasteiger partial charge on any atom is -0.333 e. The summed E-state index contributed by atoms with van der Waals surface area (Å²) >= 11 is 3.28. The summed E-state index contributed by atoms with van der Waals surface area (Å²) in [5, 5.41) is 0.942. The molecule has 0 saturated carbocycles. The van der Waals surface area contributed by atoms with Gasteiger partial charge in [-0.25, -0.2) is 9.97 Å². The van der Waals surface area contributed by atoms with Crippen molar-refractivity contribution >= 4 is 49.8 Å². The number of hydrogen-bond acceptors (Lipinski definition) is 5. The second-order valence-electron chi connectivity index (χ2n) is 6.56. The van der Waals surface area contributed by atoms with Crippen LogP contribution in [0.4, 0.5) is 0 Å². The molecule has 27 heavy (non-hydrogen) atoms. The summed E-state index contributed by atoms with van der Waals surface area (Å²) in [6.07, 6.45) is 5.52. The molecule has 0 radical (unpaired) electrons. The van der Waals surface area contributed by atoms with Gasteiger partial charge in [0.1, 0.15) is 5.01 Å². The van der Waals surface area contributed by atoms with Gasteiger partial charge in [-0.1, -0.05) is 12.1 Å². The zero-order chi connectivity index (χ0) is 19.1. The van der Waals surface area contributed by atoms with Crippen molar-refractivity contribution in [2.75, 3.05) is 7.05 Å². The Labute approximate surface area is 165 Å². The highest BCUT2D eigenvalue weighted by atomic mass is 32.1. The zero-order valence-electron chi connectivity index (χ0n) is 15.6. The van der Waals surface area contributed by atoms with Crippen molar-refractivity contribution in [2.45, 2.75) is 26.8 Å². The predicted molar refractivity (Wildman–Crippen MR) is 112 cm³/mol. The summed E-state index contributed by atoms with van der Waals surface area (Å²) in [6.45, 7) is 6.03. The van der Waals surface area contributed by atoms with Gasteiger partial charge in [0.2, 0.25) is 5.91 Å². The monoisotopic (exact) mass is 396 g/mol. The Balaban J connectivity index is 1.56. The molecule has 1 aromatic carbocycles. The van der Waals surface area contributed by atoms with Gasteiger partial charge in [-0.15, -0.1) is 22.7 Å². The summed E-state index contributed by atoms with van der Waals surface area (Å²) in [4.78, 5) is 25.8. The van der Waals surface area contributed by atoms with E-state index < -0.39 is 0 Å². The molecule has 7 heteroatoms. The van der Waals surface area contributed by atoms with Crippen LogP contribution in [-0.4, -0.2) is 32.2 Å². The molecule has 0 bridgehead atoms. The van der Waals surface area contributed by atoms with Crippen LogP contribution < -0.4 is 0 Å². The van der Waals surface area contributed by atoms with Gasteiger partial charge in [0, 0.05) is 24.2 Å². The van der Waals surface area contributed by atoms with Crippen LogP contribution >= 0.6 is 22.7 Å². The Morgan fingerprint density at radius 1 is 1.22 bits per heavy atom. The smallest absolute Gasteiger partial charge is 0.246 e. The first-order valence-electron chi connectivity index (χ1n) is 8.69. The molecular weight excluding hydrogens is 376 g/mol. The topological polar surface area (TPSA) is 50.5 Å². The second-order valence-corrected chi connectivity index (χ2v) is 8.83. The molecule has 5 nitrogen and oxygen atoms in total. The average molecular weight is 397 g/mol. The minimum atomic E-state index is -0.0884. The first kappa shape index (κ1) is 17.9. The van der Waals surface area contributed by atoms with Crippen LogP contribution in [0.15, 0.2) is 36.5 Å². The van der Waals surface area contributed by atoms with Crippen molar-refractivity contribution in [3.05, 3.63) is 57.8 Å². The molecule has 0 aliphatic carbocycles. The summed E-state index contributed by atoms with van der Waals surface area (Å²) < 4.78 is 3.18. The van der Waals surface area contributed by atoms with E-state index in [0.29, 0.717) is 0 Å². The van der Waals surface area contributed by atoms with Crippen LogP contribution in [0, 0.1) is 13.8 Å². The fourth-order valence-corrected chi connectivity index (χ4v) is 4.92. The second kappa shape index (κ2) is 6.90. The molecule has 4 aromatic rings. The summed E-state index contributed by atoms with van der Waals surface area (Å²) in [5.74, 6) is -0.0527. The van der Waals surface area contributed by atoms with E-state index in [2.05, 4.69) is 29.2 Å². The van der Waals surface area contributed by atoms with Gasteiger partial charge in [-0.3, -0.25) is 9.20 Å². The number of fused-ring (bicyclic) bond motifs is 2. The molecular formula is C20H20N4OS2. The molecule has 0 fully saturated rings. The minimum absolute atomic E-state index is 0.0527. The van der Waals surface area contributed by atoms with Crippen molar-refractivity contribution in [3.63, 3.8) is 0 Å². The van der Waals surface area contributed by atoms with Crippen molar-refractivity contribution < 1.29 is 4.79 Å². The normalized spacial score (nSPS) is 13.0. The highest BCUT2D eigenvalue weighted by Gasteiger charge is 2.19. The molecule has 3 heterocycles. The van der Waals surface area contributed by atoms with Gasteiger partial charge in [-0.05, 0) is 39.0 Å². The van der Waals surface area contributed by atoms with Gasteiger partial charge < -0.3 is 4.90 Å². The molecule has 0 aliphatic heterocycles. The Hall–Kier alpha value is -2.51. The van der Waals surface area contributed by atoms with E-state index in [-0.39, 0.29) is 11.9 Å². The number of imidazole rings is 1. The fourth-order valence-electron chi connectivity index (χ4n) is 2.97. The highest BCUT2D eigenvalue weighted by molar-refractivity contribution is 7.18. The van der Waals surface area contributed by atoms with E-state index in [1.54, 1.807) is 33.6 Å². The molecule has 1 amide bonds. The largest absolute Gasteiger partial charge is 0.333 e. The zero-order valence-corrected chi connectivity index (χ0v) is 17.3. The first-order chi connectivity index (χ1) is 12.9. The van der Waals surface area contributed by atoms with Crippen molar-refractivity contribution in [3.8, 4) is 0 Å². The lowest BCUT2D eigenvalue weighted by atomic mass is 10.2. The number of carbonyl (C=O) groups excluding carboxylic acids is 1. The number of thiazole rings is 2. The van der Waals surface area contributed by atoms with Crippen LogP contribution in [-0.2, 0) is 4.79 Å². The van der Waals surface area contributed by atoms with E-state index in [1.165, 1.54) is 4.88 Å². The van der Waals surface area contributed by atoms with Crippen molar-refractivity contribution in [1.29, 1.82) is 0 Å². The molecule has 138 valence electrons. The maximum Gasteiger partial charge on any atom is 0.246 e. The Bertz CT molecular complexity index is 1130. The van der Waals surface area contributed by atoms with Gasteiger partial charge >= 0.3 is 0 Å². The summed E-state index contributed by atoms with van der Waals surface area (Å²) in [5.41, 5.74) is 2.85. The van der Waals surface area contributed by atoms with Crippen LogP contribution in [0.1, 0.15) is 34.2 Å². The highest BCUT2D eigenvalue weighted by Crippen LogP contribution is 2.29. The number of para-hydroxylation sites is 1. The van der Waals surface area contributed by atoms with Crippen LogP contribution in [0.3, 0.4) is 0 Å². The summed E-state index contributed by atoms with van der Waals surface area (Å²) in [6, 6.07) is 7.96. The molecule has 1 atom stereocenters. The molecule has 1 unspecified atom stereocenters. The first-order valence-corrected chi connectivity index (χ1v) is 10.3. The third kappa shape index (κ3) is 3.28. The van der Waals surface area contributed by atoms with Gasteiger partial charge in [0.25, 0.3) is 0 Å². The number of likely N-dealkylation sites (N-methyl/N-ethyl adjacent to an activating group) is 1. The third-order valence-corrected chi connectivity index (χ3v) is 6.75. The molecule has 0 saturated heterocycles. The van der Waals surface area contributed by atoms with Gasteiger partial charge in [-0.2, -0.15) is 0 Å². The lowest BCUT2D eigenvalue weighted by Gasteiger charge is -2.21. The Morgan fingerprint density at radius 2 is 2.00 bits per heavy atom. The maximum atomic E-state index is 12.7.